The van der Waals surface area contributed by atoms with Gasteiger partial charge in [0, 0.05) is 12.1 Å². The maximum Gasteiger partial charge on any atom is 0.150 e. The van der Waals surface area contributed by atoms with Gasteiger partial charge in [0.1, 0.15) is 11.6 Å². The molecule has 1 aromatic rings. The molecule has 2 N–H and O–H groups in total. The lowest BCUT2D eigenvalue weighted by molar-refractivity contribution is -0.126. The smallest absolute Gasteiger partial charge is 0.150 e. The minimum atomic E-state index is -0.342. The molecule has 0 amide bonds. The maximum atomic E-state index is 12.2. The van der Waals surface area contributed by atoms with Crippen LogP contribution in [0.3, 0.4) is 0 Å². The van der Waals surface area contributed by atoms with Crippen LogP contribution in [-0.4, -0.2) is 11.6 Å². The van der Waals surface area contributed by atoms with E-state index in [2.05, 4.69) is 5.10 Å². The first-order valence-electron chi connectivity index (χ1n) is 6.66. The summed E-state index contributed by atoms with van der Waals surface area (Å²) < 4.78 is 0. The fourth-order valence-corrected chi connectivity index (χ4v) is 2.40. The third-order valence-electron chi connectivity index (χ3n) is 3.80. The molecule has 1 aliphatic heterocycles. The number of carbonyl (C=O) groups is 1. The van der Waals surface area contributed by atoms with Crippen molar-refractivity contribution in [1.29, 1.82) is 0 Å². The molecule has 1 heterocycles. The van der Waals surface area contributed by atoms with Crippen LogP contribution in [-0.2, 0) is 4.79 Å². The van der Waals surface area contributed by atoms with Crippen LogP contribution in [0.4, 0.5) is 5.69 Å². The third-order valence-corrected chi connectivity index (χ3v) is 3.80. The van der Waals surface area contributed by atoms with Crippen LogP contribution < -0.4 is 10.7 Å². The van der Waals surface area contributed by atoms with Crippen LogP contribution in [0, 0.1) is 11.8 Å². The van der Waals surface area contributed by atoms with E-state index in [0.29, 0.717) is 5.84 Å². The summed E-state index contributed by atoms with van der Waals surface area (Å²) in [7, 11) is 0. The Morgan fingerprint density at radius 3 is 2.50 bits per heavy atom. The summed E-state index contributed by atoms with van der Waals surface area (Å²) in [4.78, 5) is 12.2. The monoisotopic (exact) mass is 291 g/mol. The van der Waals surface area contributed by atoms with Gasteiger partial charge in [0.25, 0.3) is 0 Å². The number of nitrogens with zero attached hydrogens (tertiary/aromatic N) is 2. The number of rotatable bonds is 3. The molecule has 1 fully saturated rings. The number of hydrogen-bond donors (Lipinski definition) is 1. The molecule has 20 heavy (non-hydrogen) atoms. The number of amidine groups is 1. The van der Waals surface area contributed by atoms with Crippen LogP contribution in [0.5, 0.6) is 0 Å². The van der Waals surface area contributed by atoms with Crippen molar-refractivity contribution in [2.75, 3.05) is 5.01 Å². The van der Waals surface area contributed by atoms with Crippen molar-refractivity contribution in [1.82, 2.24) is 0 Å². The van der Waals surface area contributed by atoms with Gasteiger partial charge in [-0.25, -0.2) is 5.01 Å². The van der Waals surface area contributed by atoms with Crippen molar-refractivity contribution in [3.63, 3.8) is 0 Å². The molecule has 1 aliphatic carbocycles. The minimum absolute atomic E-state index is 0. The summed E-state index contributed by atoms with van der Waals surface area (Å²) in [6.07, 6.45) is 6.83. The van der Waals surface area contributed by atoms with Gasteiger partial charge in [-0.1, -0.05) is 24.6 Å². The zero-order valence-electron chi connectivity index (χ0n) is 11.1. The van der Waals surface area contributed by atoms with E-state index in [1.54, 1.807) is 5.01 Å². The average Bonchev–Trinajstić information content (AvgIpc) is 2.37. The topological polar surface area (TPSA) is 58.7 Å². The Morgan fingerprint density at radius 1 is 1.25 bits per heavy atom. The predicted molar refractivity (Wildman–Crippen MR) is 82.8 cm³/mol. The van der Waals surface area contributed by atoms with Gasteiger partial charge in [0.2, 0.25) is 0 Å². The number of Topliss-reactive ketones (excluding diaryl/α,β-unsaturated/α-hetero) is 1. The molecular formula is C15H18ClN3O. The number of halogens is 1. The molecule has 0 radical (unpaired) electrons. The number of para-hydroxylation sites is 1. The van der Waals surface area contributed by atoms with Gasteiger partial charge >= 0.3 is 0 Å². The normalized spacial score (nSPS) is 21.7. The molecule has 2 aliphatic rings. The van der Waals surface area contributed by atoms with Gasteiger partial charge in [0.05, 0.1) is 11.6 Å². The summed E-state index contributed by atoms with van der Waals surface area (Å²) in [5, 5.41) is 6.02. The summed E-state index contributed by atoms with van der Waals surface area (Å²) in [5.74, 6) is 0.455. The highest BCUT2D eigenvalue weighted by Crippen LogP contribution is 2.31. The van der Waals surface area contributed by atoms with Gasteiger partial charge in [-0.05, 0) is 31.1 Å². The van der Waals surface area contributed by atoms with E-state index in [9.17, 15) is 4.79 Å². The molecule has 0 bridgehead atoms. The standard InChI is InChI=1S/C15H17N3O.ClH/c16-15-13(14(19)11-5-4-6-11)9-10-18(17-15)12-7-2-1-3-8-12;/h1-3,7-11,13H,4-6H2,(H2,16,17);1H. The van der Waals surface area contributed by atoms with Crippen LogP contribution in [0.1, 0.15) is 19.3 Å². The molecule has 3 rings (SSSR count). The Balaban J connectivity index is 0.00000147. The lowest BCUT2D eigenvalue weighted by Gasteiger charge is -2.29. The second-order valence-electron chi connectivity index (χ2n) is 5.05. The van der Waals surface area contributed by atoms with Crippen molar-refractivity contribution in [2.45, 2.75) is 19.3 Å². The molecule has 5 heteroatoms. The summed E-state index contributed by atoms with van der Waals surface area (Å²) in [5.41, 5.74) is 6.90. The quantitative estimate of drug-likeness (QED) is 0.931. The van der Waals surface area contributed by atoms with E-state index in [4.69, 9.17) is 5.73 Å². The Hall–Kier alpha value is -1.81. The zero-order valence-corrected chi connectivity index (χ0v) is 11.9. The number of benzene rings is 1. The molecule has 1 atom stereocenters. The van der Waals surface area contributed by atoms with Crippen molar-refractivity contribution in [3.05, 3.63) is 42.6 Å². The van der Waals surface area contributed by atoms with E-state index in [1.165, 1.54) is 0 Å². The molecule has 0 aromatic heterocycles. The third kappa shape index (κ3) is 2.70. The number of carbonyl (C=O) groups excluding carboxylic acids is 1. The first-order chi connectivity index (χ1) is 9.25. The summed E-state index contributed by atoms with van der Waals surface area (Å²) >= 11 is 0. The number of ketones is 1. The minimum Gasteiger partial charge on any atom is -0.385 e. The van der Waals surface area contributed by atoms with Crippen LogP contribution in [0.2, 0.25) is 0 Å². The molecule has 1 saturated carbocycles. The van der Waals surface area contributed by atoms with Gasteiger partial charge in [-0.2, -0.15) is 5.10 Å². The zero-order chi connectivity index (χ0) is 13.2. The van der Waals surface area contributed by atoms with E-state index in [1.807, 2.05) is 42.6 Å². The van der Waals surface area contributed by atoms with Crippen molar-refractivity contribution in [2.24, 2.45) is 22.7 Å². The van der Waals surface area contributed by atoms with Crippen molar-refractivity contribution in [3.8, 4) is 0 Å². The fourth-order valence-electron chi connectivity index (χ4n) is 2.40. The van der Waals surface area contributed by atoms with E-state index < -0.39 is 0 Å². The van der Waals surface area contributed by atoms with Crippen molar-refractivity contribution < 1.29 is 4.79 Å². The molecule has 4 nitrogen and oxygen atoms in total. The Labute approximate surface area is 124 Å². The SMILES string of the molecule is Cl.NC1=NN(c2ccccc2)C=CC1C(=O)C1CCC1. The molecule has 1 aromatic carbocycles. The summed E-state index contributed by atoms with van der Waals surface area (Å²) in [6.45, 7) is 0. The average molecular weight is 292 g/mol. The lowest BCUT2D eigenvalue weighted by Crippen LogP contribution is -2.39. The van der Waals surface area contributed by atoms with Crippen LogP contribution >= 0.6 is 12.4 Å². The fraction of sp³-hybridized carbons (Fsp3) is 0.333. The second kappa shape index (κ2) is 6.09. The summed E-state index contributed by atoms with van der Waals surface area (Å²) in [6, 6.07) is 9.75. The first-order valence-corrected chi connectivity index (χ1v) is 6.66. The Morgan fingerprint density at radius 2 is 1.95 bits per heavy atom. The highest BCUT2D eigenvalue weighted by Gasteiger charge is 2.33. The highest BCUT2D eigenvalue weighted by atomic mass is 35.5. The Kier molecular flexibility index (Phi) is 4.45. The second-order valence-corrected chi connectivity index (χ2v) is 5.05. The molecule has 0 spiro atoms. The Bertz CT molecular complexity index is 537. The van der Waals surface area contributed by atoms with Crippen molar-refractivity contribution >= 4 is 29.7 Å². The molecular weight excluding hydrogens is 274 g/mol. The maximum absolute atomic E-state index is 12.2. The first kappa shape index (κ1) is 14.6. The number of nitrogens with two attached hydrogens (primary N) is 1. The number of hydrogen-bond acceptors (Lipinski definition) is 4. The van der Waals surface area contributed by atoms with Gasteiger partial charge in [-0.3, -0.25) is 4.79 Å². The predicted octanol–water partition coefficient (Wildman–Crippen LogP) is 2.70. The highest BCUT2D eigenvalue weighted by molar-refractivity contribution is 6.07. The lowest BCUT2D eigenvalue weighted by atomic mass is 9.77. The van der Waals surface area contributed by atoms with E-state index in [0.717, 1.165) is 24.9 Å². The van der Waals surface area contributed by atoms with Crippen LogP contribution in [0.25, 0.3) is 0 Å². The largest absolute Gasteiger partial charge is 0.385 e. The van der Waals surface area contributed by atoms with Gasteiger partial charge in [0.15, 0.2) is 0 Å². The molecule has 106 valence electrons. The molecule has 0 saturated heterocycles. The van der Waals surface area contributed by atoms with E-state index >= 15 is 0 Å². The van der Waals surface area contributed by atoms with E-state index in [-0.39, 0.29) is 30.0 Å². The van der Waals surface area contributed by atoms with Crippen LogP contribution in [0.15, 0.2) is 47.7 Å². The van der Waals surface area contributed by atoms with Gasteiger partial charge < -0.3 is 5.73 Å². The molecule has 1 unspecified atom stereocenters. The number of anilines is 1. The van der Waals surface area contributed by atoms with Gasteiger partial charge in [-0.15, -0.1) is 12.4 Å². The number of hydrazone groups is 1.